The van der Waals surface area contributed by atoms with Crippen molar-refractivity contribution in [2.45, 2.75) is 31.7 Å². The Labute approximate surface area is 155 Å². The summed E-state index contributed by atoms with van der Waals surface area (Å²) < 4.78 is 10.0. The van der Waals surface area contributed by atoms with Gasteiger partial charge in [0, 0.05) is 19.1 Å². The summed E-state index contributed by atoms with van der Waals surface area (Å²) in [6.45, 7) is 2.67. The van der Waals surface area contributed by atoms with Crippen molar-refractivity contribution in [2.24, 2.45) is 5.92 Å². The van der Waals surface area contributed by atoms with Crippen LogP contribution in [0.25, 0.3) is 0 Å². The monoisotopic (exact) mass is 360 g/mol. The second kappa shape index (κ2) is 8.54. The predicted molar refractivity (Wildman–Crippen MR) is 97.9 cm³/mol. The maximum Gasteiger partial charge on any atom is 0.308 e. The number of hydrogen-bond acceptors (Lipinski definition) is 5. The normalized spacial score (nSPS) is 21.6. The Bertz CT molecular complexity index is 623. The molecule has 26 heavy (non-hydrogen) atoms. The minimum absolute atomic E-state index is 0.0668. The first kappa shape index (κ1) is 18.7. The number of likely N-dealkylation sites (tertiary alicyclic amines) is 2. The van der Waals surface area contributed by atoms with E-state index in [1.54, 1.807) is 7.11 Å². The lowest BCUT2D eigenvalue weighted by atomic mass is 9.97. The van der Waals surface area contributed by atoms with E-state index in [1.165, 1.54) is 12.7 Å². The van der Waals surface area contributed by atoms with Gasteiger partial charge in [-0.1, -0.05) is 12.1 Å². The van der Waals surface area contributed by atoms with E-state index < -0.39 is 0 Å². The van der Waals surface area contributed by atoms with Crippen LogP contribution in [-0.2, 0) is 14.3 Å². The van der Waals surface area contributed by atoms with Crippen LogP contribution in [0.4, 0.5) is 0 Å². The van der Waals surface area contributed by atoms with Crippen LogP contribution in [0, 0.1) is 5.92 Å². The van der Waals surface area contributed by atoms with Gasteiger partial charge in [0.2, 0.25) is 5.91 Å². The van der Waals surface area contributed by atoms with Crippen molar-refractivity contribution >= 4 is 11.9 Å². The zero-order chi connectivity index (χ0) is 18.5. The number of methoxy groups -OCH3 is 2. The molecule has 142 valence electrons. The van der Waals surface area contributed by atoms with Crippen molar-refractivity contribution in [2.75, 3.05) is 40.4 Å². The van der Waals surface area contributed by atoms with Gasteiger partial charge in [0.1, 0.15) is 5.75 Å². The Balaban J connectivity index is 1.55. The molecule has 0 saturated carbocycles. The molecule has 3 rings (SSSR count). The molecule has 1 unspecified atom stereocenters. The van der Waals surface area contributed by atoms with Crippen LogP contribution in [-0.4, -0.2) is 62.1 Å². The maximum absolute atomic E-state index is 12.7. The van der Waals surface area contributed by atoms with Crippen molar-refractivity contribution in [1.82, 2.24) is 9.80 Å². The van der Waals surface area contributed by atoms with Gasteiger partial charge < -0.3 is 14.4 Å². The van der Waals surface area contributed by atoms with Crippen LogP contribution in [0.1, 0.15) is 37.3 Å². The highest BCUT2D eigenvalue weighted by Crippen LogP contribution is 2.32. The third-order valence-corrected chi connectivity index (χ3v) is 5.58. The Morgan fingerprint density at radius 2 is 1.73 bits per heavy atom. The zero-order valence-corrected chi connectivity index (χ0v) is 15.6. The summed E-state index contributed by atoms with van der Waals surface area (Å²) in [5.41, 5.74) is 1.24. The quantitative estimate of drug-likeness (QED) is 0.754. The highest BCUT2D eigenvalue weighted by atomic mass is 16.5. The van der Waals surface area contributed by atoms with E-state index >= 15 is 0 Å². The lowest BCUT2D eigenvalue weighted by molar-refractivity contribution is -0.149. The van der Waals surface area contributed by atoms with E-state index in [0.29, 0.717) is 32.5 Å². The molecule has 2 fully saturated rings. The third kappa shape index (κ3) is 4.18. The summed E-state index contributed by atoms with van der Waals surface area (Å²) >= 11 is 0. The van der Waals surface area contributed by atoms with Crippen LogP contribution in [0.2, 0.25) is 0 Å². The fraction of sp³-hybridized carbons (Fsp3) is 0.600. The van der Waals surface area contributed by atoms with Gasteiger partial charge in [0.15, 0.2) is 0 Å². The molecule has 1 amide bonds. The Morgan fingerprint density at radius 1 is 1.04 bits per heavy atom. The van der Waals surface area contributed by atoms with Crippen molar-refractivity contribution < 1.29 is 19.1 Å². The second-order valence-electron chi connectivity index (χ2n) is 7.08. The number of benzene rings is 1. The van der Waals surface area contributed by atoms with Crippen molar-refractivity contribution in [1.29, 1.82) is 0 Å². The van der Waals surface area contributed by atoms with Crippen molar-refractivity contribution in [3.8, 4) is 5.75 Å². The molecule has 1 aromatic rings. The molecule has 1 atom stereocenters. The summed E-state index contributed by atoms with van der Waals surface area (Å²) in [5.74, 6) is 0.788. The Hall–Kier alpha value is -2.08. The van der Waals surface area contributed by atoms with E-state index in [9.17, 15) is 9.59 Å². The number of ether oxygens (including phenoxy) is 2. The fourth-order valence-electron chi connectivity index (χ4n) is 4.02. The molecule has 6 nitrogen and oxygen atoms in total. The molecule has 0 radical (unpaired) electrons. The first-order valence-corrected chi connectivity index (χ1v) is 9.36. The zero-order valence-electron chi connectivity index (χ0n) is 15.6. The summed E-state index contributed by atoms with van der Waals surface area (Å²) in [4.78, 5) is 28.5. The summed E-state index contributed by atoms with van der Waals surface area (Å²) in [6.07, 6.45) is 3.57. The predicted octanol–water partition coefficient (Wildman–Crippen LogP) is 2.24. The van der Waals surface area contributed by atoms with Gasteiger partial charge in [-0.3, -0.25) is 14.5 Å². The number of piperidine rings is 1. The molecular weight excluding hydrogens is 332 g/mol. The number of nitrogens with zero attached hydrogens (tertiary/aromatic N) is 2. The molecule has 2 aliphatic rings. The smallest absolute Gasteiger partial charge is 0.308 e. The van der Waals surface area contributed by atoms with Gasteiger partial charge >= 0.3 is 5.97 Å². The van der Waals surface area contributed by atoms with E-state index in [2.05, 4.69) is 17.0 Å². The largest absolute Gasteiger partial charge is 0.497 e. The fourth-order valence-corrected chi connectivity index (χ4v) is 4.02. The number of esters is 1. The van der Waals surface area contributed by atoms with Crippen LogP contribution in [0.3, 0.4) is 0 Å². The number of amides is 1. The van der Waals surface area contributed by atoms with Crippen LogP contribution >= 0.6 is 0 Å². The van der Waals surface area contributed by atoms with Gasteiger partial charge in [-0.2, -0.15) is 0 Å². The highest BCUT2D eigenvalue weighted by molar-refractivity contribution is 5.79. The average molecular weight is 360 g/mol. The topological polar surface area (TPSA) is 59.1 Å². The Kier molecular flexibility index (Phi) is 6.14. The molecule has 6 heteroatoms. The van der Waals surface area contributed by atoms with E-state index in [1.807, 2.05) is 17.0 Å². The molecule has 0 aromatic heterocycles. The second-order valence-corrected chi connectivity index (χ2v) is 7.08. The SMILES string of the molecule is COC(=O)C1CCN(C(=O)CN2CCCC2c2ccc(OC)cc2)CC1. The van der Waals surface area contributed by atoms with E-state index in [0.717, 1.165) is 25.1 Å². The van der Waals surface area contributed by atoms with Crippen LogP contribution < -0.4 is 4.74 Å². The van der Waals surface area contributed by atoms with Crippen LogP contribution in [0.5, 0.6) is 5.75 Å². The lowest BCUT2D eigenvalue weighted by Crippen LogP contribution is -2.45. The highest BCUT2D eigenvalue weighted by Gasteiger charge is 2.32. The molecule has 0 bridgehead atoms. The average Bonchev–Trinajstić information content (AvgIpc) is 3.15. The summed E-state index contributed by atoms with van der Waals surface area (Å²) in [6, 6.07) is 8.43. The minimum Gasteiger partial charge on any atom is -0.497 e. The summed E-state index contributed by atoms with van der Waals surface area (Å²) in [5, 5.41) is 0. The van der Waals surface area contributed by atoms with Gasteiger partial charge in [-0.25, -0.2) is 0 Å². The van der Waals surface area contributed by atoms with Crippen molar-refractivity contribution in [3.63, 3.8) is 0 Å². The number of carbonyl (C=O) groups excluding carboxylic acids is 2. The van der Waals surface area contributed by atoms with Gasteiger partial charge in [-0.05, 0) is 49.9 Å². The number of hydrogen-bond donors (Lipinski definition) is 0. The molecule has 1 aromatic carbocycles. The molecule has 2 aliphatic heterocycles. The van der Waals surface area contributed by atoms with E-state index in [-0.39, 0.29) is 23.8 Å². The number of carbonyl (C=O) groups is 2. The van der Waals surface area contributed by atoms with Gasteiger partial charge in [-0.15, -0.1) is 0 Å². The molecular formula is C20H28N2O4. The Morgan fingerprint density at radius 3 is 2.35 bits per heavy atom. The molecule has 0 N–H and O–H groups in total. The summed E-state index contributed by atoms with van der Waals surface area (Å²) in [7, 11) is 3.09. The molecule has 0 spiro atoms. The molecule has 2 heterocycles. The standard InChI is InChI=1S/C20H28N2O4/c1-25-17-7-5-15(6-8-17)18-4-3-11-22(18)14-19(23)21-12-9-16(10-13-21)20(24)26-2/h5-8,16,18H,3-4,9-14H2,1-2H3. The van der Waals surface area contributed by atoms with E-state index in [4.69, 9.17) is 9.47 Å². The molecule has 2 saturated heterocycles. The lowest BCUT2D eigenvalue weighted by Gasteiger charge is -2.33. The third-order valence-electron chi connectivity index (χ3n) is 5.58. The van der Waals surface area contributed by atoms with Crippen LogP contribution in [0.15, 0.2) is 24.3 Å². The molecule has 0 aliphatic carbocycles. The van der Waals surface area contributed by atoms with Gasteiger partial charge in [0.25, 0.3) is 0 Å². The van der Waals surface area contributed by atoms with Crippen molar-refractivity contribution in [3.05, 3.63) is 29.8 Å². The van der Waals surface area contributed by atoms with Gasteiger partial charge in [0.05, 0.1) is 26.7 Å². The minimum atomic E-state index is -0.156. The first-order valence-electron chi connectivity index (χ1n) is 9.36. The first-order chi connectivity index (χ1) is 12.6. The maximum atomic E-state index is 12.7. The number of rotatable bonds is 5.